The lowest BCUT2D eigenvalue weighted by atomic mass is 10.5. The molecule has 0 unspecified atom stereocenters. The minimum absolute atomic E-state index is 0.748. The van der Waals surface area contributed by atoms with Crippen LogP contribution in [0.4, 0.5) is 0 Å². The van der Waals surface area contributed by atoms with Gasteiger partial charge in [0.2, 0.25) is 0 Å². The molecule has 0 bridgehead atoms. The van der Waals surface area contributed by atoms with E-state index in [-0.39, 0.29) is 0 Å². The van der Waals surface area contributed by atoms with E-state index in [9.17, 15) is 0 Å². The van der Waals surface area contributed by atoms with Gasteiger partial charge in [-0.1, -0.05) is 11.3 Å². The molecule has 0 atom stereocenters. The summed E-state index contributed by atoms with van der Waals surface area (Å²) in [5.41, 5.74) is 0. The molecule has 0 amide bonds. The second-order valence-electron chi connectivity index (χ2n) is 2.51. The SMILES string of the molecule is CNCc1nnc(-c2ccco2)s1. The molecule has 2 heterocycles. The molecular weight excluding hydrogens is 186 g/mol. The van der Waals surface area contributed by atoms with E-state index in [1.807, 2.05) is 19.2 Å². The van der Waals surface area contributed by atoms with E-state index in [0.717, 1.165) is 22.3 Å². The van der Waals surface area contributed by atoms with Crippen molar-refractivity contribution in [3.8, 4) is 10.8 Å². The molecule has 0 fully saturated rings. The molecule has 2 rings (SSSR count). The van der Waals surface area contributed by atoms with Gasteiger partial charge in [-0.25, -0.2) is 0 Å². The van der Waals surface area contributed by atoms with Crippen LogP contribution in [0.25, 0.3) is 10.8 Å². The summed E-state index contributed by atoms with van der Waals surface area (Å²) in [6.45, 7) is 0.748. The third-order valence-electron chi connectivity index (χ3n) is 1.53. The summed E-state index contributed by atoms with van der Waals surface area (Å²) >= 11 is 1.54. The Morgan fingerprint density at radius 2 is 2.46 bits per heavy atom. The lowest BCUT2D eigenvalue weighted by Gasteiger charge is -1.87. The maximum Gasteiger partial charge on any atom is 0.183 e. The number of rotatable bonds is 3. The minimum Gasteiger partial charge on any atom is -0.462 e. The van der Waals surface area contributed by atoms with Crippen LogP contribution in [0.1, 0.15) is 5.01 Å². The molecule has 0 aliphatic heterocycles. The monoisotopic (exact) mass is 195 g/mol. The van der Waals surface area contributed by atoms with Gasteiger partial charge in [-0.3, -0.25) is 0 Å². The molecule has 0 saturated carbocycles. The average Bonchev–Trinajstić information content (AvgIpc) is 2.70. The van der Waals surface area contributed by atoms with Crippen molar-refractivity contribution in [2.45, 2.75) is 6.54 Å². The van der Waals surface area contributed by atoms with Crippen LogP contribution >= 0.6 is 11.3 Å². The summed E-state index contributed by atoms with van der Waals surface area (Å²) in [6.07, 6.45) is 1.63. The summed E-state index contributed by atoms with van der Waals surface area (Å²) in [5.74, 6) is 0.778. The highest BCUT2D eigenvalue weighted by molar-refractivity contribution is 7.14. The highest BCUT2D eigenvalue weighted by Gasteiger charge is 2.07. The Hall–Kier alpha value is -1.20. The molecule has 0 spiro atoms. The van der Waals surface area contributed by atoms with Gasteiger partial charge in [-0.2, -0.15) is 0 Å². The molecule has 2 aromatic rings. The molecule has 13 heavy (non-hydrogen) atoms. The predicted octanol–water partition coefficient (Wildman–Crippen LogP) is 1.52. The van der Waals surface area contributed by atoms with Gasteiger partial charge in [-0.05, 0) is 19.2 Å². The molecule has 1 N–H and O–H groups in total. The fraction of sp³-hybridized carbons (Fsp3) is 0.250. The minimum atomic E-state index is 0.748. The van der Waals surface area contributed by atoms with Crippen LogP contribution in [0.3, 0.4) is 0 Å². The number of aromatic nitrogens is 2. The maximum atomic E-state index is 5.20. The standard InChI is InChI=1S/C8H9N3OS/c1-9-5-7-10-11-8(13-7)6-3-2-4-12-6/h2-4,9H,5H2,1H3. The Labute approximate surface area is 79.6 Å². The molecule has 0 aliphatic carbocycles. The van der Waals surface area contributed by atoms with E-state index in [1.165, 1.54) is 11.3 Å². The first-order chi connectivity index (χ1) is 6.40. The summed E-state index contributed by atoms with van der Waals surface area (Å²) in [7, 11) is 1.88. The first-order valence-corrected chi connectivity index (χ1v) is 4.72. The van der Waals surface area contributed by atoms with E-state index in [1.54, 1.807) is 6.26 Å². The van der Waals surface area contributed by atoms with Gasteiger partial charge in [-0.15, -0.1) is 10.2 Å². The van der Waals surface area contributed by atoms with Crippen LogP contribution in [0.5, 0.6) is 0 Å². The zero-order valence-electron chi connectivity index (χ0n) is 7.15. The van der Waals surface area contributed by atoms with Gasteiger partial charge in [0, 0.05) is 6.54 Å². The molecule has 5 heteroatoms. The van der Waals surface area contributed by atoms with E-state index in [2.05, 4.69) is 15.5 Å². The lowest BCUT2D eigenvalue weighted by molar-refractivity contribution is 0.581. The number of nitrogens with one attached hydrogen (secondary N) is 1. The first kappa shape index (κ1) is 8.40. The van der Waals surface area contributed by atoms with Crippen LogP contribution in [-0.2, 0) is 6.54 Å². The third-order valence-corrected chi connectivity index (χ3v) is 2.46. The second-order valence-corrected chi connectivity index (χ2v) is 3.57. The zero-order chi connectivity index (χ0) is 9.10. The summed E-state index contributed by atoms with van der Waals surface area (Å²) in [5, 5.41) is 12.8. The van der Waals surface area contributed by atoms with Gasteiger partial charge in [0.05, 0.1) is 6.26 Å². The van der Waals surface area contributed by atoms with Crippen LogP contribution < -0.4 is 5.32 Å². The second kappa shape index (κ2) is 3.68. The van der Waals surface area contributed by atoms with E-state index in [0.29, 0.717) is 0 Å². The molecule has 0 radical (unpaired) electrons. The Morgan fingerprint density at radius 1 is 1.54 bits per heavy atom. The summed E-state index contributed by atoms with van der Waals surface area (Å²) in [4.78, 5) is 0. The smallest absolute Gasteiger partial charge is 0.183 e. The van der Waals surface area contributed by atoms with Crippen molar-refractivity contribution >= 4 is 11.3 Å². The molecule has 0 aromatic carbocycles. The number of furan rings is 1. The molecule has 2 aromatic heterocycles. The van der Waals surface area contributed by atoms with Gasteiger partial charge < -0.3 is 9.73 Å². The van der Waals surface area contributed by atoms with E-state index in [4.69, 9.17) is 4.42 Å². The highest BCUT2D eigenvalue weighted by Crippen LogP contribution is 2.23. The Morgan fingerprint density at radius 3 is 3.15 bits per heavy atom. The quantitative estimate of drug-likeness (QED) is 0.806. The normalized spacial score (nSPS) is 10.5. The Bertz CT molecular complexity index is 368. The van der Waals surface area contributed by atoms with Gasteiger partial charge in [0.1, 0.15) is 5.01 Å². The van der Waals surface area contributed by atoms with Gasteiger partial charge >= 0.3 is 0 Å². The summed E-state index contributed by atoms with van der Waals surface area (Å²) < 4.78 is 5.20. The number of hydrogen-bond acceptors (Lipinski definition) is 5. The fourth-order valence-electron chi connectivity index (χ4n) is 0.976. The lowest BCUT2D eigenvalue weighted by Crippen LogP contribution is -2.04. The Balaban J connectivity index is 2.23. The van der Waals surface area contributed by atoms with Crippen molar-refractivity contribution < 1.29 is 4.42 Å². The van der Waals surface area contributed by atoms with Gasteiger partial charge in [0.15, 0.2) is 10.8 Å². The molecular formula is C8H9N3OS. The van der Waals surface area contributed by atoms with Crippen LogP contribution in [0.2, 0.25) is 0 Å². The van der Waals surface area contributed by atoms with E-state index < -0.39 is 0 Å². The average molecular weight is 195 g/mol. The molecule has 68 valence electrons. The molecule has 0 saturated heterocycles. The van der Waals surface area contributed by atoms with Crippen LogP contribution in [-0.4, -0.2) is 17.2 Å². The Kier molecular flexibility index (Phi) is 2.37. The molecule has 4 nitrogen and oxygen atoms in total. The first-order valence-electron chi connectivity index (χ1n) is 3.91. The van der Waals surface area contributed by atoms with Crippen molar-refractivity contribution in [2.75, 3.05) is 7.05 Å². The third kappa shape index (κ3) is 1.76. The highest BCUT2D eigenvalue weighted by atomic mass is 32.1. The van der Waals surface area contributed by atoms with Crippen LogP contribution in [0, 0.1) is 0 Å². The van der Waals surface area contributed by atoms with Crippen molar-refractivity contribution in [1.82, 2.24) is 15.5 Å². The molecule has 0 aliphatic rings. The number of nitrogens with zero attached hydrogens (tertiary/aromatic N) is 2. The topological polar surface area (TPSA) is 51.0 Å². The summed E-state index contributed by atoms with van der Waals surface area (Å²) in [6, 6.07) is 3.72. The number of hydrogen-bond donors (Lipinski definition) is 1. The maximum absolute atomic E-state index is 5.20. The van der Waals surface area contributed by atoms with Gasteiger partial charge in [0.25, 0.3) is 0 Å². The van der Waals surface area contributed by atoms with Crippen molar-refractivity contribution in [2.24, 2.45) is 0 Å². The fourth-order valence-corrected chi connectivity index (χ4v) is 1.80. The zero-order valence-corrected chi connectivity index (χ0v) is 7.97. The van der Waals surface area contributed by atoms with E-state index >= 15 is 0 Å². The van der Waals surface area contributed by atoms with Crippen molar-refractivity contribution in [3.05, 3.63) is 23.4 Å². The van der Waals surface area contributed by atoms with Crippen molar-refractivity contribution in [3.63, 3.8) is 0 Å². The van der Waals surface area contributed by atoms with Crippen LogP contribution in [0.15, 0.2) is 22.8 Å². The predicted molar refractivity (Wildman–Crippen MR) is 50.4 cm³/mol. The van der Waals surface area contributed by atoms with Crippen molar-refractivity contribution in [1.29, 1.82) is 0 Å². The largest absolute Gasteiger partial charge is 0.462 e.